The van der Waals surface area contributed by atoms with Crippen molar-refractivity contribution in [3.8, 4) is 0 Å². The fourth-order valence-corrected chi connectivity index (χ4v) is 1.21. The van der Waals surface area contributed by atoms with Crippen LogP contribution in [0, 0.1) is 0 Å². The molecule has 0 saturated heterocycles. The van der Waals surface area contributed by atoms with E-state index in [1.54, 1.807) is 18.2 Å². The van der Waals surface area contributed by atoms with Crippen LogP contribution < -0.4 is 10.6 Å². The van der Waals surface area contributed by atoms with Crippen molar-refractivity contribution in [3.05, 3.63) is 42.5 Å². The van der Waals surface area contributed by atoms with Crippen molar-refractivity contribution in [1.82, 2.24) is 5.32 Å². The van der Waals surface area contributed by atoms with E-state index < -0.39 is 0 Å². The summed E-state index contributed by atoms with van der Waals surface area (Å²) in [6.45, 7) is 3.81. The molecule has 0 unspecified atom stereocenters. The summed E-state index contributed by atoms with van der Waals surface area (Å²) in [5, 5.41) is 15.7. The minimum atomic E-state index is -0.267. The third-order valence-corrected chi connectivity index (χ3v) is 2.01. The highest BCUT2D eigenvalue weighted by Crippen LogP contribution is 2.09. The predicted octanol–water partition coefficient (Wildman–Crippen LogP) is 1.97. The van der Waals surface area contributed by atoms with Crippen LogP contribution in [-0.2, 0) is 11.5 Å². The first kappa shape index (κ1) is 12.3. The lowest BCUT2D eigenvalue weighted by atomic mass is 10.1. The molecular weight excluding hydrogens is 204 g/mol. The van der Waals surface area contributed by atoms with E-state index in [4.69, 9.17) is 0 Å². The third-order valence-electron chi connectivity index (χ3n) is 2.01. The van der Waals surface area contributed by atoms with Crippen molar-refractivity contribution in [2.75, 3.05) is 18.5 Å². The second-order valence-electron chi connectivity index (χ2n) is 3.27. The van der Waals surface area contributed by atoms with Gasteiger partial charge in [0.1, 0.15) is 0 Å². The zero-order valence-electron chi connectivity index (χ0n) is 9.03. The molecule has 0 atom stereocenters. The zero-order valence-corrected chi connectivity index (χ0v) is 9.03. The molecule has 0 aromatic heterocycles. The molecule has 0 bridgehead atoms. The molecule has 0 aliphatic rings. The predicted molar refractivity (Wildman–Crippen MR) is 62.9 cm³/mol. The van der Waals surface area contributed by atoms with Gasteiger partial charge in [-0.05, 0) is 24.1 Å². The van der Waals surface area contributed by atoms with Gasteiger partial charge in [-0.25, -0.2) is 9.90 Å². The molecule has 85 valence electrons. The molecular formula is C12H15N2O2. The minimum absolute atomic E-state index is 0.118. The van der Waals surface area contributed by atoms with Crippen LogP contribution in [-0.4, -0.2) is 19.2 Å². The van der Waals surface area contributed by atoms with E-state index >= 15 is 0 Å². The average Bonchev–Trinajstić information content (AvgIpc) is 2.29. The molecule has 2 N–H and O–H groups in total. The summed E-state index contributed by atoms with van der Waals surface area (Å²) in [7, 11) is 0. The van der Waals surface area contributed by atoms with Crippen LogP contribution in [0.15, 0.2) is 36.9 Å². The molecule has 1 aromatic rings. The van der Waals surface area contributed by atoms with Gasteiger partial charge in [-0.2, -0.15) is 0 Å². The highest BCUT2D eigenvalue weighted by Gasteiger charge is 1.99. The number of benzene rings is 1. The Morgan fingerprint density at radius 2 is 2.00 bits per heavy atom. The SMILES string of the molecule is C=CCNC(=O)Nc1ccc(CC[O])cc1. The number of carbonyl (C=O) groups is 1. The van der Waals surface area contributed by atoms with Crippen molar-refractivity contribution in [1.29, 1.82) is 0 Å². The number of carbonyl (C=O) groups excluding carboxylic acids is 1. The summed E-state index contributed by atoms with van der Waals surface area (Å²) in [4.78, 5) is 11.3. The summed E-state index contributed by atoms with van der Waals surface area (Å²) in [5.41, 5.74) is 1.68. The van der Waals surface area contributed by atoms with Crippen molar-refractivity contribution in [2.24, 2.45) is 0 Å². The first-order chi connectivity index (χ1) is 7.76. The molecule has 16 heavy (non-hydrogen) atoms. The smallest absolute Gasteiger partial charge is 0.319 e. The molecule has 1 rings (SSSR count). The van der Waals surface area contributed by atoms with Crippen molar-refractivity contribution in [2.45, 2.75) is 6.42 Å². The van der Waals surface area contributed by atoms with Gasteiger partial charge in [-0.3, -0.25) is 0 Å². The summed E-state index contributed by atoms with van der Waals surface area (Å²) in [5.74, 6) is 0. The molecule has 1 aromatic carbocycles. The monoisotopic (exact) mass is 219 g/mol. The summed E-state index contributed by atoms with van der Waals surface area (Å²) < 4.78 is 0. The normalized spacial score (nSPS) is 9.56. The van der Waals surface area contributed by atoms with Gasteiger partial charge in [0.2, 0.25) is 0 Å². The standard InChI is InChI=1S/C12H15N2O2/c1-2-8-13-12(16)14-11-5-3-10(4-6-11)7-9-15/h2-6H,1,7-9H2,(H2,13,14,16). The van der Waals surface area contributed by atoms with Crippen LogP contribution in [0.4, 0.5) is 10.5 Å². The Bertz CT molecular complexity index is 347. The Kier molecular flexibility index (Phi) is 5.08. The van der Waals surface area contributed by atoms with E-state index in [2.05, 4.69) is 17.2 Å². The molecule has 0 heterocycles. The Labute approximate surface area is 95.0 Å². The van der Waals surface area contributed by atoms with E-state index in [9.17, 15) is 9.90 Å². The quantitative estimate of drug-likeness (QED) is 0.731. The number of hydrogen-bond acceptors (Lipinski definition) is 1. The first-order valence-electron chi connectivity index (χ1n) is 5.09. The second kappa shape index (κ2) is 6.63. The van der Waals surface area contributed by atoms with Gasteiger partial charge in [0.15, 0.2) is 0 Å². The minimum Gasteiger partial charge on any atom is -0.334 e. The van der Waals surface area contributed by atoms with Gasteiger partial charge in [-0.1, -0.05) is 18.2 Å². The maximum atomic E-state index is 11.3. The van der Waals surface area contributed by atoms with Gasteiger partial charge < -0.3 is 10.6 Å². The maximum Gasteiger partial charge on any atom is 0.319 e. The lowest BCUT2D eigenvalue weighted by Gasteiger charge is -2.06. The summed E-state index contributed by atoms with van der Waals surface area (Å²) >= 11 is 0. The lowest BCUT2D eigenvalue weighted by Crippen LogP contribution is -2.28. The van der Waals surface area contributed by atoms with Gasteiger partial charge in [-0.15, -0.1) is 6.58 Å². The van der Waals surface area contributed by atoms with E-state index in [0.29, 0.717) is 18.7 Å². The molecule has 0 fully saturated rings. The number of hydrogen-bond donors (Lipinski definition) is 2. The number of anilines is 1. The first-order valence-corrected chi connectivity index (χ1v) is 5.09. The van der Waals surface area contributed by atoms with Crippen LogP contribution in [0.1, 0.15) is 5.56 Å². The third kappa shape index (κ3) is 4.14. The molecule has 0 spiro atoms. The molecule has 4 heteroatoms. The Hall–Kier alpha value is -1.81. The number of urea groups is 1. The fourth-order valence-electron chi connectivity index (χ4n) is 1.21. The van der Waals surface area contributed by atoms with Gasteiger partial charge in [0, 0.05) is 12.2 Å². The highest BCUT2D eigenvalue weighted by molar-refractivity contribution is 5.89. The fraction of sp³-hybridized carbons (Fsp3) is 0.250. The highest BCUT2D eigenvalue weighted by atomic mass is 16.3. The van der Waals surface area contributed by atoms with Crippen LogP contribution in [0.2, 0.25) is 0 Å². The maximum absolute atomic E-state index is 11.3. The molecule has 1 radical (unpaired) electrons. The van der Waals surface area contributed by atoms with E-state index in [-0.39, 0.29) is 12.6 Å². The number of amides is 2. The zero-order chi connectivity index (χ0) is 11.8. The van der Waals surface area contributed by atoms with Crippen LogP contribution in [0.25, 0.3) is 0 Å². The lowest BCUT2D eigenvalue weighted by molar-refractivity contribution is 0.197. The van der Waals surface area contributed by atoms with Gasteiger partial charge >= 0.3 is 6.03 Å². The van der Waals surface area contributed by atoms with Gasteiger partial charge in [0.05, 0.1) is 6.61 Å². The van der Waals surface area contributed by atoms with Crippen LogP contribution >= 0.6 is 0 Å². The summed E-state index contributed by atoms with van der Waals surface area (Å²) in [6, 6.07) is 6.95. The van der Waals surface area contributed by atoms with Gasteiger partial charge in [0.25, 0.3) is 0 Å². The number of rotatable bonds is 5. The Balaban J connectivity index is 2.48. The van der Waals surface area contributed by atoms with E-state index in [1.807, 2.05) is 12.1 Å². The average molecular weight is 219 g/mol. The molecule has 2 amide bonds. The van der Waals surface area contributed by atoms with Crippen molar-refractivity contribution < 1.29 is 9.90 Å². The molecule has 0 aliphatic carbocycles. The van der Waals surface area contributed by atoms with Crippen LogP contribution in [0.5, 0.6) is 0 Å². The Morgan fingerprint density at radius 1 is 1.31 bits per heavy atom. The van der Waals surface area contributed by atoms with Crippen molar-refractivity contribution >= 4 is 11.7 Å². The molecule has 4 nitrogen and oxygen atoms in total. The van der Waals surface area contributed by atoms with Crippen molar-refractivity contribution in [3.63, 3.8) is 0 Å². The molecule has 0 saturated carbocycles. The largest absolute Gasteiger partial charge is 0.334 e. The second-order valence-corrected chi connectivity index (χ2v) is 3.27. The number of nitrogens with one attached hydrogen (secondary N) is 2. The van der Waals surface area contributed by atoms with Crippen LogP contribution in [0.3, 0.4) is 0 Å². The summed E-state index contributed by atoms with van der Waals surface area (Å²) in [6.07, 6.45) is 2.12. The van der Waals surface area contributed by atoms with E-state index in [1.165, 1.54) is 0 Å². The van der Waals surface area contributed by atoms with E-state index in [0.717, 1.165) is 5.56 Å². The Morgan fingerprint density at radius 3 is 2.56 bits per heavy atom. The topological polar surface area (TPSA) is 61.0 Å². The molecule has 0 aliphatic heterocycles.